The summed E-state index contributed by atoms with van der Waals surface area (Å²) in [5, 5.41) is 0. The first-order valence-corrected chi connectivity index (χ1v) is 4.20. The van der Waals surface area contributed by atoms with Gasteiger partial charge in [0.05, 0.1) is 0 Å². The smallest absolute Gasteiger partial charge is 0 e. The Kier molecular flexibility index (Phi) is 42.3. The maximum atomic E-state index is 9.43. The Labute approximate surface area is 118 Å². The molecule has 94 valence electrons. The third-order valence-electron chi connectivity index (χ3n) is 1.16. The van der Waals surface area contributed by atoms with Crippen LogP contribution in [-0.2, 0) is 36.0 Å². The summed E-state index contributed by atoms with van der Waals surface area (Å²) in [4.78, 5) is 18.9. The van der Waals surface area contributed by atoms with Gasteiger partial charge in [0.2, 0.25) is 0 Å². The van der Waals surface area contributed by atoms with E-state index in [2.05, 4.69) is 38.8 Å². The second-order valence-corrected chi connectivity index (χ2v) is 2.23. The van der Waals surface area contributed by atoms with E-state index in [9.17, 15) is 9.59 Å². The molecule has 0 aromatic rings. The Morgan fingerprint density at radius 2 is 1.33 bits per heavy atom. The van der Waals surface area contributed by atoms with E-state index < -0.39 is 0 Å². The molecule has 0 saturated heterocycles. The maximum Gasteiger partial charge on any atom is 0 e. The van der Waals surface area contributed by atoms with Crippen molar-refractivity contribution in [1.29, 1.82) is 0 Å². The van der Waals surface area contributed by atoms with Crippen molar-refractivity contribution in [2.75, 3.05) is 0 Å². The van der Waals surface area contributed by atoms with Crippen LogP contribution in [0.5, 0.6) is 0 Å². The van der Waals surface area contributed by atoms with Gasteiger partial charge >= 0.3 is 22.6 Å². The molecule has 0 heterocycles. The fourth-order valence-corrected chi connectivity index (χ4v) is 0.604. The topological polar surface area (TPSA) is 73.9 Å². The number of rotatable bonds is 2. The van der Waals surface area contributed by atoms with E-state index in [1.165, 1.54) is 5.92 Å². The van der Waals surface area contributed by atoms with Crippen molar-refractivity contribution in [3.63, 3.8) is 0 Å². The summed E-state index contributed by atoms with van der Waals surface area (Å²) < 4.78 is 15.0. The Balaban J connectivity index is -0.0000000819. The predicted molar refractivity (Wildman–Crippen MR) is 58.8 cm³/mol. The standard InChI is InChI=1S/C6H7.C5H4O2.2CO.Mn/c1-6-4-2-3-5-6;6-4-2-1-3-5-7;2*1-2;/h2-5H,1H3;2-5H;;;. The Hall–Kier alpha value is -1.14. The summed E-state index contributed by atoms with van der Waals surface area (Å²) in [6, 6.07) is 0. The van der Waals surface area contributed by atoms with Crippen molar-refractivity contribution in [2.45, 2.75) is 6.92 Å². The van der Waals surface area contributed by atoms with E-state index in [1.807, 2.05) is 12.8 Å². The summed E-state index contributed by atoms with van der Waals surface area (Å²) in [7, 11) is 0. The molecule has 6 radical (unpaired) electrons. The Morgan fingerprint density at radius 1 is 1.00 bits per heavy atom. The molecule has 0 spiro atoms. The molecule has 0 amide bonds. The largest absolute Gasteiger partial charge is 0 e. The van der Waals surface area contributed by atoms with Crippen molar-refractivity contribution in [3.8, 4) is 0 Å². The van der Waals surface area contributed by atoms with Gasteiger partial charge in [-0.1, -0.05) is 6.92 Å². The SMILES string of the molecule is C[C]1[CH][CH][CH][CH]1.O=CC=C=CC=O.[C-]#[O+].[C-]#[O+].[Mn]. The van der Waals surface area contributed by atoms with Gasteiger partial charge in [-0.2, -0.15) is 0 Å². The average molecular weight is 286 g/mol. The second kappa shape index (κ2) is 29.7. The van der Waals surface area contributed by atoms with E-state index in [0.717, 1.165) is 12.2 Å². The first kappa shape index (κ1) is 25.6. The molecule has 0 aromatic heterocycles. The normalized spacial score (nSPS) is 10.9. The fraction of sp³-hybridized carbons (Fsp3) is 0.0769. The van der Waals surface area contributed by atoms with Gasteiger partial charge in [0.1, 0.15) is 0 Å². The third-order valence-corrected chi connectivity index (χ3v) is 1.16. The van der Waals surface area contributed by atoms with Gasteiger partial charge in [0.25, 0.3) is 0 Å². The van der Waals surface area contributed by atoms with Gasteiger partial charge in [-0.3, -0.25) is 9.59 Å². The minimum atomic E-state index is 0. The van der Waals surface area contributed by atoms with Crippen LogP contribution in [0.4, 0.5) is 0 Å². The third kappa shape index (κ3) is 29.4. The zero-order valence-corrected chi connectivity index (χ0v) is 10.8. The van der Waals surface area contributed by atoms with Gasteiger partial charge in [-0.15, -0.1) is 5.73 Å². The Bertz CT molecular complexity index is 251. The summed E-state index contributed by atoms with van der Waals surface area (Å²) >= 11 is 0. The quantitative estimate of drug-likeness (QED) is 0.192. The molecular formula is C13H11MnO4. The van der Waals surface area contributed by atoms with Crippen LogP contribution in [0, 0.1) is 44.9 Å². The number of carbonyl (C=O) groups excluding carboxylic acids is 2. The minimum Gasteiger partial charge on any atom is 0 e. The molecule has 0 bridgehead atoms. The summed E-state index contributed by atoms with van der Waals surface area (Å²) in [5.74, 6) is 1.34. The van der Waals surface area contributed by atoms with E-state index in [1.54, 1.807) is 0 Å². The molecule has 0 aliphatic heterocycles. The number of hydrogen-bond donors (Lipinski definition) is 0. The number of aldehydes is 2. The zero-order chi connectivity index (χ0) is 13.9. The summed E-state index contributed by atoms with van der Waals surface area (Å²) in [5.41, 5.74) is 2.30. The van der Waals surface area contributed by atoms with Gasteiger partial charge in [-0.05, 0) is 31.6 Å². The second-order valence-electron chi connectivity index (χ2n) is 2.23. The minimum absolute atomic E-state index is 0. The van der Waals surface area contributed by atoms with Crippen LogP contribution in [0.25, 0.3) is 0 Å². The molecule has 4 nitrogen and oxygen atoms in total. The zero-order valence-electron chi connectivity index (χ0n) is 9.63. The van der Waals surface area contributed by atoms with E-state index in [0.29, 0.717) is 12.6 Å². The molecule has 5 heteroatoms. The number of carbonyl (C=O) groups is 2. The molecule has 1 rings (SSSR count). The fourth-order valence-electron chi connectivity index (χ4n) is 0.604. The molecule has 1 saturated carbocycles. The van der Waals surface area contributed by atoms with Crippen LogP contribution in [0.1, 0.15) is 6.92 Å². The summed E-state index contributed by atoms with van der Waals surface area (Å²) in [6.45, 7) is 11.1. The average Bonchev–Trinajstić information content (AvgIpc) is 2.87. The van der Waals surface area contributed by atoms with Crippen LogP contribution < -0.4 is 0 Å². The van der Waals surface area contributed by atoms with Gasteiger partial charge in [0, 0.05) is 29.2 Å². The van der Waals surface area contributed by atoms with Crippen molar-refractivity contribution < 1.29 is 36.0 Å². The van der Waals surface area contributed by atoms with Crippen LogP contribution in [0.2, 0.25) is 0 Å². The predicted octanol–water partition coefficient (Wildman–Crippen LogP) is 1.43. The van der Waals surface area contributed by atoms with Gasteiger partial charge in [-0.25, -0.2) is 0 Å². The van der Waals surface area contributed by atoms with Crippen molar-refractivity contribution in [1.82, 2.24) is 0 Å². The molecule has 0 aromatic carbocycles. The van der Waals surface area contributed by atoms with Crippen LogP contribution in [0.3, 0.4) is 0 Å². The van der Waals surface area contributed by atoms with Crippen molar-refractivity contribution in [2.24, 2.45) is 0 Å². The number of hydrogen-bond acceptors (Lipinski definition) is 2. The molecule has 0 atom stereocenters. The maximum absolute atomic E-state index is 9.43. The molecule has 18 heavy (non-hydrogen) atoms. The van der Waals surface area contributed by atoms with Crippen LogP contribution in [0.15, 0.2) is 17.9 Å². The first-order chi connectivity index (χ1) is 8.31. The van der Waals surface area contributed by atoms with Crippen LogP contribution >= 0.6 is 0 Å². The van der Waals surface area contributed by atoms with Crippen molar-refractivity contribution >= 4 is 12.6 Å². The molecule has 1 aliphatic carbocycles. The number of allylic oxidation sites excluding steroid dienone is 1. The molecule has 0 N–H and O–H groups in total. The first-order valence-electron chi connectivity index (χ1n) is 4.20. The Morgan fingerprint density at radius 3 is 1.50 bits per heavy atom. The molecule has 0 unspecified atom stereocenters. The van der Waals surface area contributed by atoms with Gasteiger partial charge in [0.15, 0.2) is 12.6 Å². The van der Waals surface area contributed by atoms with Crippen LogP contribution in [-0.4, -0.2) is 12.6 Å². The monoisotopic (exact) mass is 286 g/mol. The van der Waals surface area contributed by atoms with E-state index >= 15 is 0 Å². The van der Waals surface area contributed by atoms with Gasteiger partial charge < -0.3 is 0 Å². The molecule has 1 aliphatic rings. The van der Waals surface area contributed by atoms with E-state index in [4.69, 9.17) is 9.30 Å². The summed E-state index contributed by atoms with van der Waals surface area (Å²) in [6.07, 6.45) is 11.6. The molecular weight excluding hydrogens is 275 g/mol. The molecule has 1 fully saturated rings. The van der Waals surface area contributed by atoms with E-state index in [-0.39, 0.29) is 17.1 Å². The van der Waals surface area contributed by atoms with Crippen molar-refractivity contribution in [3.05, 3.63) is 62.8 Å².